The fourth-order valence-corrected chi connectivity index (χ4v) is 3.18. The van der Waals surface area contributed by atoms with Gasteiger partial charge < -0.3 is 16.1 Å². The van der Waals surface area contributed by atoms with Crippen LogP contribution in [0.15, 0.2) is 0 Å². The predicted molar refractivity (Wildman–Crippen MR) is 120 cm³/mol. The molecule has 0 aromatic carbocycles. The molecule has 0 fully saturated rings. The molecule has 0 aromatic heterocycles. The van der Waals surface area contributed by atoms with Gasteiger partial charge in [0.15, 0.2) is 0 Å². The van der Waals surface area contributed by atoms with Gasteiger partial charge >= 0.3 is 6.03 Å². The summed E-state index contributed by atoms with van der Waals surface area (Å²) in [4.78, 5) is 13.1. The molecule has 160 valence electrons. The molecule has 0 atom stereocenters. The number of hydrogen-bond donors (Lipinski definition) is 1. The average Bonchev–Trinajstić information content (AvgIpc) is 2.57. The van der Waals surface area contributed by atoms with E-state index in [1.165, 1.54) is 83.5 Å². The summed E-state index contributed by atoms with van der Waals surface area (Å²) < 4.78 is 0. The van der Waals surface area contributed by atoms with Crippen LogP contribution in [0.3, 0.4) is 0 Å². The zero-order valence-electron chi connectivity index (χ0n) is 17.6. The van der Waals surface area contributed by atoms with Gasteiger partial charge in [-0.1, -0.05) is 104 Å². The molecule has 0 aliphatic heterocycles. The minimum atomic E-state index is -0.252. The third kappa shape index (κ3) is 21.8. The van der Waals surface area contributed by atoms with E-state index < -0.39 is 0 Å². The summed E-state index contributed by atoms with van der Waals surface area (Å²) >= 11 is 0. The molecule has 0 aliphatic carbocycles. The van der Waals surface area contributed by atoms with Gasteiger partial charge in [0.25, 0.3) is 0 Å². The number of nitrogens with zero attached hydrogens (tertiary/aromatic N) is 1. The fourth-order valence-electron chi connectivity index (χ4n) is 3.18. The van der Waals surface area contributed by atoms with E-state index in [0.29, 0.717) is 0 Å². The van der Waals surface area contributed by atoms with E-state index in [1.54, 1.807) is 0 Å². The Balaban J connectivity index is -0.00000264. The lowest BCUT2D eigenvalue weighted by molar-refractivity contribution is 0.205. The smallest absolute Gasteiger partial charge is 0.314 e. The average molecular weight is 440 g/mol. The predicted octanol–water partition coefficient (Wildman–Crippen LogP) is 6.40. The van der Waals surface area contributed by atoms with E-state index in [-0.39, 0.29) is 28.5 Å². The first-order valence-electron chi connectivity index (χ1n) is 10.8. The molecule has 4 N–H and O–H groups in total. The van der Waals surface area contributed by atoms with Gasteiger partial charge in [-0.25, -0.2) is 4.79 Å². The van der Waals surface area contributed by atoms with Crippen LogP contribution in [0.5, 0.6) is 0 Å². The lowest BCUT2D eigenvalue weighted by Gasteiger charge is -2.19. The molecule has 0 saturated heterocycles. The van der Waals surface area contributed by atoms with Crippen molar-refractivity contribution in [2.45, 2.75) is 117 Å². The van der Waals surface area contributed by atoms with Crippen LogP contribution in [0.2, 0.25) is 0 Å². The maximum absolute atomic E-state index is 11.3. The van der Waals surface area contributed by atoms with Crippen molar-refractivity contribution < 1.29 is 10.3 Å². The largest absolute Gasteiger partial charge is 0.412 e. The van der Waals surface area contributed by atoms with Crippen LogP contribution < -0.4 is 5.73 Å². The lowest BCUT2D eigenvalue weighted by Crippen LogP contribution is -2.37. The second kappa shape index (κ2) is 24.7. The fraction of sp³-hybridized carbons (Fsp3) is 0.952. The van der Waals surface area contributed by atoms with Crippen molar-refractivity contribution in [2.24, 2.45) is 5.73 Å². The van der Waals surface area contributed by atoms with E-state index in [1.807, 2.05) is 4.90 Å². The number of nitrogens with two attached hydrogens (primary N) is 1. The topological polar surface area (TPSA) is 77.8 Å². The Morgan fingerprint density at radius 1 is 0.615 bits per heavy atom. The molecular formula is C21H47BrN2O2. The zero-order chi connectivity index (χ0) is 17.9. The van der Waals surface area contributed by atoms with Crippen LogP contribution in [-0.4, -0.2) is 29.5 Å². The third-order valence-electron chi connectivity index (χ3n) is 4.87. The Labute approximate surface area is 173 Å². The molecule has 0 rings (SSSR count). The molecule has 0 aliphatic rings. The molecule has 26 heavy (non-hydrogen) atoms. The highest BCUT2D eigenvalue weighted by Crippen LogP contribution is 2.13. The highest BCUT2D eigenvalue weighted by molar-refractivity contribution is 8.93. The summed E-state index contributed by atoms with van der Waals surface area (Å²) in [7, 11) is 0. The highest BCUT2D eigenvalue weighted by Gasteiger charge is 2.07. The third-order valence-corrected chi connectivity index (χ3v) is 4.87. The first-order valence-corrected chi connectivity index (χ1v) is 10.8. The van der Waals surface area contributed by atoms with Crippen molar-refractivity contribution in [3.8, 4) is 0 Å². The van der Waals surface area contributed by atoms with Crippen molar-refractivity contribution in [2.75, 3.05) is 13.1 Å². The van der Waals surface area contributed by atoms with Gasteiger partial charge in [0, 0.05) is 13.1 Å². The van der Waals surface area contributed by atoms with Crippen LogP contribution >= 0.6 is 17.0 Å². The number of halogens is 1. The van der Waals surface area contributed by atoms with Crippen LogP contribution in [0, 0.1) is 0 Å². The zero-order valence-corrected chi connectivity index (χ0v) is 19.3. The number of rotatable bonds is 18. The van der Waals surface area contributed by atoms with E-state index in [4.69, 9.17) is 5.73 Å². The van der Waals surface area contributed by atoms with Crippen LogP contribution in [0.1, 0.15) is 117 Å². The molecule has 0 saturated carbocycles. The Bertz CT molecular complexity index is 279. The van der Waals surface area contributed by atoms with Crippen LogP contribution in [0.25, 0.3) is 0 Å². The van der Waals surface area contributed by atoms with Gasteiger partial charge in [-0.15, -0.1) is 17.0 Å². The van der Waals surface area contributed by atoms with Crippen LogP contribution in [0.4, 0.5) is 4.79 Å². The Morgan fingerprint density at radius 2 is 0.923 bits per heavy atom. The van der Waals surface area contributed by atoms with Crippen molar-refractivity contribution in [1.82, 2.24) is 4.90 Å². The Kier molecular flexibility index (Phi) is 28.9. The van der Waals surface area contributed by atoms with Gasteiger partial charge in [-0.2, -0.15) is 0 Å². The molecule has 0 spiro atoms. The SMILES string of the molecule is Br.CCCCCCCCCCCCCCCCN(CCCC)C(N)=O.O. The number of urea groups is 1. The number of unbranched alkanes of at least 4 members (excludes halogenated alkanes) is 14. The first kappa shape index (κ1) is 30.4. The minimum Gasteiger partial charge on any atom is -0.412 e. The number of carbonyl (C=O) groups is 1. The van der Waals surface area contributed by atoms with Crippen molar-refractivity contribution in [3.05, 3.63) is 0 Å². The van der Waals surface area contributed by atoms with Gasteiger partial charge in [-0.05, 0) is 12.8 Å². The van der Waals surface area contributed by atoms with Gasteiger partial charge in [0.2, 0.25) is 0 Å². The monoisotopic (exact) mass is 438 g/mol. The first-order chi connectivity index (χ1) is 11.7. The summed E-state index contributed by atoms with van der Waals surface area (Å²) in [6.45, 7) is 6.09. The number of carbonyl (C=O) groups excluding carboxylic acids is 1. The number of hydrogen-bond acceptors (Lipinski definition) is 1. The standard InChI is InChI=1S/C21H44N2O.BrH.H2O/c1-3-5-7-8-9-10-11-12-13-14-15-16-17-18-20-23(21(22)24)19-6-4-2;;/h3-20H2,1-2H3,(H2,22,24);1H;1H2. The maximum Gasteiger partial charge on any atom is 0.314 e. The molecule has 5 heteroatoms. The lowest BCUT2D eigenvalue weighted by atomic mass is 10.0. The molecule has 2 amide bonds. The summed E-state index contributed by atoms with van der Waals surface area (Å²) in [5.41, 5.74) is 5.42. The summed E-state index contributed by atoms with van der Waals surface area (Å²) in [5.74, 6) is 0. The molecule has 0 bridgehead atoms. The van der Waals surface area contributed by atoms with E-state index in [9.17, 15) is 4.79 Å². The second-order valence-corrected chi connectivity index (χ2v) is 7.28. The van der Waals surface area contributed by atoms with Crippen molar-refractivity contribution >= 4 is 23.0 Å². The maximum atomic E-state index is 11.3. The second-order valence-electron chi connectivity index (χ2n) is 7.28. The highest BCUT2D eigenvalue weighted by atomic mass is 79.9. The molecule has 4 nitrogen and oxygen atoms in total. The molecule has 0 aromatic rings. The molecule has 0 heterocycles. The Hall–Kier alpha value is -0.290. The van der Waals surface area contributed by atoms with Crippen molar-refractivity contribution in [3.63, 3.8) is 0 Å². The quantitative estimate of drug-likeness (QED) is 0.246. The van der Waals surface area contributed by atoms with Crippen molar-refractivity contribution in [1.29, 1.82) is 0 Å². The summed E-state index contributed by atoms with van der Waals surface area (Å²) in [6, 6.07) is -0.252. The summed E-state index contributed by atoms with van der Waals surface area (Å²) in [6.07, 6.45) is 21.3. The number of amides is 2. The van der Waals surface area contributed by atoms with Gasteiger partial charge in [0.1, 0.15) is 0 Å². The minimum absolute atomic E-state index is 0. The van der Waals surface area contributed by atoms with E-state index >= 15 is 0 Å². The molecule has 0 radical (unpaired) electrons. The van der Waals surface area contributed by atoms with E-state index in [2.05, 4.69) is 13.8 Å². The Morgan fingerprint density at radius 3 is 1.27 bits per heavy atom. The molecule has 0 unspecified atom stereocenters. The molecular weight excluding hydrogens is 392 g/mol. The number of primary amides is 1. The van der Waals surface area contributed by atoms with Gasteiger partial charge in [0.05, 0.1) is 0 Å². The van der Waals surface area contributed by atoms with Crippen LogP contribution in [-0.2, 0) is 0 Å². The summed E-state index contributed by atoms with van der Waals surface area (Å²) in [5, 5.41) is 0. The van der Waals surface area contributed by atoms with Gasteiger partial charge in [-0.3, -0.25) is 0 Å². The normalized spacial score (nSPS) is 10.1. The van der Waals surface area contributed by atoms with E-state index in [0.717, 1.165) is 32.4 Å².